The van der Waals surface area contributed by atoms with Gasteiger partial charge in [-0.05, 0) is 40.5 Å². The van der Waals surface area contributed by atoms with E-state index in [1.807, 2.05) is 0 Å². The molecule has 17 heavy (non-hydrogen) atoms. The van der Waals surface area contributed by atoms with Crippen LogP contribution in [0.1, 0.15) is 12.5 Å². The predicted octanol–water partition coefficient (Wildman–Crippen LogP) is 1.98. The highest BCUT2D eigenvalue weighted by Gasteiger charge is 2.27. The summed E-state index contributed by atoms with van der Waals surface area (Å²) in [6.07, 6.45) is 0. The molecule has 0 aromatic heterocycles. The zero-order valence-electron chi connectivity index (χ0n) is 8.85. The van der Waals surface area contributed by atoms with Gasteiger partial charge in [-0.15, -0.1) is 0 Å². The number of hydrogen-bond donors (Lipinski definition) is 1. The molecule has 1 atom stereocenters. The summed E-state index contributed by atoms with van der Waals surface area (Å²) >= 11 is 2.93. The van der Waals surface area contributed by atoms with Gasteiger partial charge in [0.2, 0.25) is 0 Å². The first-order valence-corrected chi connectivity index (χ1v) is 7.13. The molecule has 7 heteroatoms. The van der Waals surface area contributed by atoms with Crippen LogP contribution in [0, 0.1) is 5.82 Å². The van der Waals surface area contributed by atoms with E-state index in [-0.39, 0.29) is 4.47 Å². The van der Waals surface area contributed by atoms with Gasteiger partial charge in [0.15, 0.2) is 15.1 Å². The largest absolute Gasteiger partial charge is 0.480 e. The van der Waals surface area contributed by atoms with Gasteiger partial charge in [0.05, 0.1) is 10.2 Å². The number of carbonyl (C=O) groups is 1. The van der Waals surface area contributed by atoms with E-state index < -0.39 is 32.6 Å². The van der Waals surface area contributed by atoms with E-state index in [9.17, 15) is 17.6 Å². The second-order valence-corrected chi connectivity index (χ2v) is 6.71. The average Bonchev–Trinajstić information content (AvgIpc) is 2.22. The Bertz CT molecular complexity index is 541. The summed E-state index contributed by atoms with van der Waals surface area (Å²) in [6, 6.07) is 3.76. The summed E-state index contributed by atoms with van der Waals surface area (Å²) in [4.78, 5) is 10.6. The molecular weight excluding hydrogens is 315 g/mol. The van der Waals surface area contributed by atoms with Crippen molar-refractivity contribution in [3.8, 4) is 0 Å². The predicted molar refractivity (Wildman–Crippen MR) is 63.8 cm³/mol. The second-order valence-electron chi connectivity index (χ2n) is 3.54. The third-order valence-electron chi connectivity index (χ3n) is 2.24. The normalized spacial score (nSPS) is 13.4. The third-order valence-corrected chi connectivity index (χ3v) is 4.86. The first-order chi connectivity index (χ1) is 7.74. The highest BCUT2D eigenvalue weighted by Crippen LogP contribution is 2.19. The van der Waals surface area contributed by atoms with Crippen LogP contribution in [0.3, 0.4) is 0 Å². The zero-order chi connectivity index (χ0) is 13.2. The van der Waals surface area contributed by atoms with Crippen LogP contribution >= 0.6 is 15.9 Å². The molecule has 1 unspecified atom stereocenters. The fourth-order valence-electron chi connectivity index (χ4n) is 1.14. The molecule has 0 aliphatic carbocycles. The summed E-state index contributed by atoms with van der Waals surface area (Å²) in [7, 11) is -3.79. The molecule has 1 rings (SSSR count). The maximum absolute atomic E-state index is 12.9. The maximum Gasteiger partial charge on any atom is 0.321 e. The Morgan fingerprint density at radius 1 is 1.53 bits per heavy atom. The minimum absolute atomic E-state index is 0.146. The van der Waals surface area contributed by atoms with E-state index >= 15 is 0 Å². The van der Waals surface area contributed by atoms with Crippen molar-refractivity contribution in [3.63, 3.8) is 0 Å². The van der Waals surface area contributed by atoms with Gasteiger partial charge in [-0.3, -0.25) is 4.79 Å². The highest BCUT2D eigenvalue weighted by molar-refractivity contribution is 9.10. The molecule has 1 aromatic rings. The Morgan fingerprint density at radius 2 is 2.12 bits per heavy atom. The van der Waals surface area contributed by atoms with Crippen molar-refractivity contribution in [1.29, 1.82) is 0 Å². The van der Waals surface area contributed by atoms with Crippen molar-refractivity contribution < 1.29 is 22.7 Å². The number of carboxylic acids is 1. The van der Waals surface area contributed by atoms with Gasteiger partial charge in [0.25, 0.3) is 0 Å². The molecule has 0 bridgehead atoms. The van der Waals surface area contributed by atoms with Gasteiger partial charge < -0.3 is 5.11 Å². The molecule has 0 spiro atoms. The number of aliphatic carboxylic acids is 1. The molecule has 0 heterocycles. The van der Waals surface area contributed by atoms with Gasteiger partial charge in [0.1, 0.15) is 5.82 Å². The lowest BCUT2D eigenvalue weighted by Gasteiger charge is -2.08. The second kappa shape index (κ2) is 5.14. The number of halogens is 2. The highest BCUT2D eigenvalue weighted by atomic mass is 79.9. The van der Waals surface area contributed by atoms with Crippen molar-refractivity contribution in [1.82, 2.24) is 0 Å². The van der Waals surface area contributed by atoms with Gasteiger partial charge in [0, 0.05) is 0 Å². The van der Waals surface area contributed by atoms with Crippen LogP contribution in [-0.2, 0) is 20.4 Å². The fraction of sp³-hybridized carbons (Fsp3) is 0.300. The van der Waals surface area contributed by atoms with Crippen molar-refractivity contribution >= 4 is 31.7 Å². The monoisotopic (exact) mass is 324 g/mol. The Kier molecular flexibility index (Phi) is 4.26. The minimum Gasteiger partial charge on any atom is -0.480 e. The molecule has 0 amide bonds. The van der Waals surface area contributed by atoms with Crippen LogP contribution in [0.15, 0.2) is 22.7 Å². The number of rotatable bonds is 4. The molecule has 0 saturated carbocycles. The summed E-state index contributed by atoms with van der Waals surface area (Å²) < 4.78 is 36.4. The van der Waals surface area contributed by atoms with E-state index in [2.05, 4.69) is 15.9 Å². The van der Waals surface area contributed by atoms with Crippen LogP contribution < -0.4 is 0 Å². The molecule has 1 N–H and O–H groups in total. The molecule has 0 aliphatic heterocycles. The van der Waals surface area contributed by atoms with E-state index in [0.717, 1.165) is 13.0 Å². The number of hydrogen-bond acceptors (Lipinski definition) is 3. The molecule has 0 radical (unpaired) electrons. The Hall–Kier alpha value is -0.950. The quantitative estimate of drug-likeness (QED) is 0.919. The summed E-state index contributed by atoms with van der Waals surface area (Å²) in [5.74, 6) is -2.33. The van der Waals surface area contributed by atoms with Crippen LogP contribution in [-0.4, -0.2) is 24.7 Å². The number of benzene rings is 1. The first-order valence-electron chi connectivity index (χ1n) is 4.62. The molecule has 0 aliphatic rings. The van der Waals surface area contributed by atoms with Crippen LogP contribution in [0.25, 0.3) is 0 Å². The zero-order valence-corrected chi connectivity index (χ0v) is 11.3. The Balaban J connectivity index is 2.98. The van der Waals surface area contributed by atoms with E-state index in [1.54, 1.807) is 0 Å². The topological polar surface area (TPSA) is 71.4 Å². The van der Waals surface area contributed by atoms with Gasteiger partial charge >= 0.3 is 5.97 Å². The molecule has 94 valence electrons. The lowest BCUT2D eigenvalue weighted by molar-refractivity contribution is -0.136. The van der Waals surface area contributed by atoms with Crippen molar-refractivity contribution in [2.75, 3.05) is 0 Å². The van der Waals surface area contributed by atoms with Gasteiger partial charge in [-0.2, -0.15) is 0 Å². The molecule has 0 saturated heterocycles. The summed E-state index contributed by atoms with van der Waals surface area (Å²) in [5, 5.41) is 7.17. The first kappa shape index (κ1) is 14.1. The molecule has 4 nitrogen and oxygen atoms in total. The third kappa shape index (κ3) is 3.50. The smallest absolute Gasteiger partial charge is 0.321 e. The summed E-state index contributed by atoms with van der Waals surface area (Å²) in [5.41, 5.74) is 0.339. The standard InChI is InChI=1S/C10H10BrFO4S/c1-6(10(13)14)17(15,16)5-7-2-3-9(12)8(11)4-7/h2-4,6H,5H2,1H3,(H,13,14). The number of carboxylic acid groups (broad SMARTS) is 1. The van der Waals surface area contributed by atoms with Crippen LogP contribution in [0.5, 0.6) is 0 Å². The lowest BCUT2D eigenvalue weighted by Crippen LogP contribution is -2.28. The van der Waals surface area contributed by atoms with Crippen molar-refractivity contribution in [3.05, 3.63) is 34.1 Å². The Morgan fingerprint density at radius 3 is 2.59 bits per heavy atom. The fourth-order valence-corrected chi connectivity index (χ4v) is 2.77. The van der Waals surface area contributed by atoms with Gasteiger partial charge in [-0.1, -0.05) is 6.07 Å². The summed E-state index contributed by atoms with van der Waals surface area (Å²) in [6.45, 7) is 1.11. The average molecular weight is 325 g/mol. The van der Waals surface area contributed by atoms with E-state index in [4.69, 9.17) is 5.11 Å². The SMILES string of the molecule is CC(C(=O)O)S(=O)(=O)Cc1ccc(F)c(Br)c1. The molecular formula is C10H10BrFO4S. The molecule has 1 aromatic carbocycles. The molecule has 0 fully saturated rings. The van der Waals surface area contributed by atoms with Crippen molar-refractivity contribution in [2.45, 2.75) is 17.9 Å². The van der Waals surface area contributed by atoms with Crippen LogP contribution in [0.2, 0.25) is 0 Å². The minimum atomic E-state index is -3.79. The number of sulfone groups is 1. The van der Waals surface area contributed by atoms with Crippen molar-refractivity contribution in [2.24, 2.45) is 0 Å². The van der Waals surface area contributed by atoms with Gasteiger partial charge in [-0.25, -0.2) is 12.8 Å². The lowest BCUT2D eigenvalue weighted by atomic mass is 10.2. The van der Waals surface area contributed by atoms with E-state index in [0.29, 0.717) is 5.56 Å². The van der Waals surface area contributed by atoms with E-state index in [1.165, 1.54) is 12.1 Å². The Labute approximate surface area is 107 Å². The maximum atomic E-state index is 12.9. The van der Waals surface area contributed by atoms with Crippen LogP contribution in [0.4, 0.5) is 4.39 Å².